The molecule has 1 aromatic carbocycles. The fourth-order valence-corrected chi connectivity index (χ4v) is 3.23. The molecule has 0 saturated heterocycles. The summed E-state index contributed by atoms with van der Waals surface area (Å²) < 4.78 is 7.96. The lowest BCUT2D eigenvalue weighted by Gasteiger charge is -2.09. The number of carbonyl (C=O) groups is 1. The maximum absolute atomic E-state index is 11.9. The minimum absolute atomic E-state index is 0.0601. The highest BCUT2D eigenvalue weighted by atomic mass is 16.5. The zero-order valence-electron chi connectivity index (χ0n) is 14.8. The maximum atomic E-state index is 11.9. The smallest absolute Gasteiger partial charge is 0.257 e. The van der Waals surface area contributed by atoms with Gasteiger partial charge in [0.25, 0.3) is 5.91 Å². The molecule has 1 saturated carbocycles. The molecule has 3 rings (SSSR count). The van der Waals surface area contributed by atoms with E-state index in [9.17, 15) is 4.79 Å². The van der Waals surface area contributed by atoms with Gasteiger partial charge in [-0.25, -0.2) is 0 Å². The zero-order chi connectivity index (χ0) is 17.1. The predicted octanol–water partition coefficient (Wildman–Crippen LogP) is 3.49. The van der Waals surface area contributed by atoms with Crippen molar-refractivity contribution >= 4 is 5.91 Å². The third kappa shape index (κ3) is 3.99. The monoisotopic (exact) mass is 326 g/mol. The number of ether oxygens (including phenoxy) is 1. The van der Waals surface area contributed by atoms with Gasteiger partial charge in [0.2, 0.25) is 0 Å². The van der Waals surface area contributed by atoms with Crippen molar-refractivity contribution in [3.63, 3.8) is 0 Å². The van der Waals surface area contributed by atoms with Gasteiger partial charge in [-0.1, -0.05) is 12.1 Å². The van der Waals surface area contributed by atoms with Gasteiger partial charge in [-0.15, -0.1) is 0 Å². The fourth-order valence-electron chi connectivity index (χ4n) is 3.23. The molecule has 0 unspecified atom stereocenters. The Morgan fingerprint density at radius 1 is 1.25 bits per heavy atom. The molecule has 4 nitrogen and oxygen atoms in total. The topological polar surface area (TPSA) is 43.3 Å². The van der Waals surface area contributed by atoms with E-state index in [2.05, 4.69) is 29.8 Å². The van der Waals surface area contributed by atoms with Crippen molar-refractivity contribution in [2.45, 2.75) is 46.1 Å². The van der Waals surface area contributed by atoms with Gasteiger partial charge in [-0.3, -0.25) is 4.79 Å². The number of nitrogens with one attached hydrogen (secondary N) is 1. The van der Waals surface area contributed by atoms with Crippen molar-refractivity contribution in [2.75, 3.05) is 13.2 Å². The molecule has 2 aromatic rings. The molecule has 1 fully saturated rings. The number of benzene rings is 1. The van der Waals surface area contributed by atoms with E-state index in [1.807, 2.05) is 31.2 Å². The lowest BCUT2D eigenvalue weighted by Crippen LogP contribution is -2.30. The molecule has 1 amide bonds. The number of aryl methyl sites for hydroxylation is 2. The van der Waals surface area contributed by atoms with E-state index >= 15 is 0 Å². The van der Waals surface area contributed by atoms with Crippen LogP contribution in [-0.2, 0) is 11.2 Å². The van der Waals surface area contributed by atoms with E-state index in [4.69, 9.17) is 4.74 Å². The highest BCUT2D eigenvalue weighted by molar-refractivity contribution is 5.77. The van der Waals surface area contributed by atoms with E-state index < -0.39 is 0 Å². The third-order valence-corrected chi connectivity index (χ3v) is 4.58. The fraction of sp³-hybridized carbons (Fsp3) is 0.450. The van der Waals surface area contributed by atoms with Crippen molar-refractivity contribution in [1.29, 1.82) is 0 Å². The summed E-state index contributed by atoms with van der Waals surface area (Å²) in [4.78, 5) is 11.9. The number of amides is 1. The first-order chi connectivity index (χ1) is 11.5. The first-order valence-corrected chi connectivity index (χ1v) is 8.68. The van der Waals surface area contributed by atoms with Crippen LogP contribution in [0.3, 0.4) is 0 Å². The molecule has 4 heteroatoms. The van der Waals surface area contributed by atoms with Crippen molar-refractivity contribution < 1.29 is 9.53 Å². The standard InChI is InChI=1S/C20H26N2O2/c1-14-5-4-6-19(11-14)24-13-20(23)21-10-9-17-12-15(2)22(16(17)3)18-7-8-18/h4-6,11-12,18H,7-10,13H2,1-3H3,(H,21,23). The summed E-state index contributed by atoms with van der Waals surface area (Å²) in [5.74, 6) is 0.658. The number of nitrogens with zero attached hydrogens (tertiary/aromatic N) is 1. The second kappa shape index (κ2) is 7.12. The summed E-state index contributed by atoms with van der Waals surface area (Å²) in [7, 11) is 0. The number of carbonyl (C=O) groups excluding carboxylic acids is 1. The van der Waals surface area contributed by atoms with Gasteiger partial charge in [-0.05, 0) is 69.4 Å². The second-order valence-corrected chi connectivity index (χ2v) is 6.70. The number of aromatic nitrogens is 1. The molecule has 0 spiro atoms. The van der Waals surface area contributed by atoms with Crippen molar-refractivity contribution in [3.8, 4) is 5.75 Å². The third-order valence-electron chi connectivity index (χ3n) is 4.58. The van der Waals surface area contributed by atoms with E-state index in [1.54, 1.807) is 0 Å². The normalized spacial score (nSPS) is 13.8. The molecule has 1 heterocycles. The van der Waals surface area contributed by atoms with Crippen LogP contribution >= 0.6 is 0 Å². The highest BCUT2D eigenvalue weighted by Gasteiger charge is 2.26. The zero-order valence-corrected chi connectivity index (χ0v) is 14.8. The molecular weight excluding hydrogens is 300 g/mol. The van der Waals surface area contributed by atoms with E-state index in [-0.39, 0.29) is 12.5 Å². The summed E-state index contributed by atoms with van der Waals surface area (Å²) in [5.41, 5.74) is 5.14. The van der Waals surface area contributed by atoms with E-state index in [1.165, 1.54) is 29.8 Å². The molecule has 0 aliphatic heterocycles. The maximum Gasteiger partial charge on any atom is 0.257 e. The van der Waals surface area contributed by atoms with Crippen LogP contribution in [0.2, 0.25) is 0 Å². The molecule has 0 atom stereocenters. The Labute approximate surface area is 143 Å². The minimum Gasteiger partial charge on any atom is -0.484 e. The Morgan fingerprint density at radius 3 is 2.75 bits per heavy atom. The average Bonchev–Trinajstić information content (AvgIpc) is 3.32. The van der Waals surface area contributed by atoms with Crippen LogP contribution in [0.4, 0.5) is 0 Å². The Balaban J connectivity index is 1.44. The van der Waals surface area contributed by atoms with Crippen LogP contribution in [0, 0.1) is 20.8 Å². The van der Waals surface area contributed by atoms with E-state index in [0.29, 0.717) is 12.6 Å². The quantitative estimate of drug-likeness (QED) is 0.846. The van der Waals surface area contributed by atoms with Gasteiger partial charge in [0.05, 0.1) is 0 Å². The summed E-state index contributed by atoms with van der Waals surface area (Å²) in [6.45, 7) is 7.06. The molecule has 0 bridgehead atoms. The Kier molecular flexibility index (Phi) is 4.93. The van der Waals surface area contributed by atoms with Crippen LogP contribution in [-0.4, -0.2) is 23.6 Å². The summed E-state index contributed by atoms with van der Waals surface area (Å²) in [6.07, 6.45) is 3.45. The second-order valence-electron chi connectivity index (χ2n) is 6.70. The first kappa shape index (κ1) is 16.6. The lowest BCUT2D eigenvalue weighted by atomic mass is 10.2. The number of rotatable bonds is 7. The number of hydrogen-bond donors (Lipinski definition) is 1. The molecule has 128 valence electrons. The highest BCUT2D eigenvalue weighted by Crippen LogP contribution is 2.38. The van der Waals surface area contributed by atoms with Crippen molar-refractivity contribution in [3.05, 3.63) is 52.8 Å². The van der Waals surface area contributed by atoms with Crippen LogP contribution in [0.25, 0.3) is 0 Å². The Morgan fingerprint density at radius 2 is 2.04 bits per heavy atom. The first-order valence-electron chi connectivity index (χ1n) is 8.68. The number of hydrogen-bond acceptors (Lipinski definition) is 2. The molecule has 0 radical (unpaired) electrons. The molecule has 1 N–H and O–H groups in total. The summed E-state index contributed by atoms with van der Waals surface area (Å²) in [5, 5.41) is 2.94. The van der Waals surface area contributed by atoms with Gasteiger partial charge in [0, 0.05) is 24.0 Å². The largest absolute Gasteiger partial charge is 0.484 e. The molecule has 24 heavy (non-hydrogen) atoms. The molecular formula is C20H26N2O2. The van der Waals surface area contributed by atoms with Crippen molar-refractivity contribution in [1.82, 2.24) is 9.88 Å². The predicted molar refractivity (Wildman–Crippen MR) is 95.6 cm³/mol. The van der Waals surface area contributed by atoms with Gasteiger partial charge < -0.3 is 14.6 Å². The van der Waals surface area contributed by atoms with Gasteiger partial charge in [0.1, 0.15) is 5.75 Å². The molecule has 1 aliphatic rings. The van der Waals surface area contributed by atoms with Gasteiger partial charge >= 0.3 is 0 Å². The van der Waals surface area contributed by atoms with Gasteiger partial charge in [-0.2, -0.15) is 0 Å². The Hall–Kier alpha value is -2.23. The van der Waals surface area contributed by atoms with Crippen LogP contribution in [0.15, 0.2) is 30.3 Å². The lowest BCUT2D eigenvalue weighted by molar-refractivity contribution is -0.123. The molecule has 1 aliphatic carbocycles. The summed E-state index contributed by atoms with van der Waals surface area (Å²) in [6, 6.07) is 10.7. The van der Waals surface area contributed by atoms with Crippen LogP contribution in [0.1, 0.15) is 41.4 Å². The van der Waals surface area contributed by atoms with Gasteiger partial charge in [0.15, 0.2) is 6.61 Å². The average molecular weight is 326 g/mol. The molecule has 1 aromatic heterocycles. The van der Waals surface area contributed by atoms with E-state index in [0.717, 1.165) is 17.7 Å². The van der Waals surface area contributed by atoms with Crippen molar-refractivity contribution in [2.24, 2.45) is 0 Å². The summed E-state index contributed by atoms with van der Waals surface area (Å²) >= 11 is 0. The SMILES string of the molecule is Cc1cccc(OCC(=O)NCCc2cc(C)n(C3CC3)c2C)c1. The Bertz CT molecular complexity index is 729. The minimum atomic E-state index is -0.0764. The van der Waals surface area contributed by atoms with Crippen LogP contribution in [0.5, 0.6) is 5.75 Å². The van der Waals surface area contributed by atoms with Crippen LogP contribution < -0.4 is 10.1 Å².